The molecule has 2 rings (SSSR count). The maximum absolute atomic E-state index is 12.2. The molecule has 0 aliphatic heterocycles. The van der Waals surface area contributed by atoms with Crippen molar-refractivity contribution in [2.45, 2.75) is 32.9 Å². The lowest BCUT2D eigenvalue weighted by molar-refractivity contribution is 0.0914. The molecular formula is C18H20ClN3O2. The van der Waals surface area contributed by atoms with Gasteiger partial charge in [-0.25, -0.2) is 4.98 Å². The fraction of sp³-hybridized carbons (Fsp3) is 0.278. The molecule has 0 spiro atoms. The Labute approximate surface area is 146 Å². The van der Waals surface area contributed by atoms with E-state index in [0.717, 1.165) is 5.56 Å². The van der Waals surface area contributed by atoms with Crippen LogP contribution in [0.4, 0.5) is 0 Å². The zero-order valence-electron chi connectivity index (χ0n) is 13.9. The summed E-state index contributed by atoms with van der Waals surface area (Å²) >= 11 is 5.83. The molecular weight excluding hydrogens is 326 g/mol. The highest BCUT2D eigenvalue weighted by molar-refractivity contribution is 6.30. The topological polar surface area (TPSA) is 71.1 Å². The van der Waals surface area contributed by atoms with E-state index in [4.69, 9.17) is 11.6 Å². The van der Waals surface area contributed by atoms with Crippen molar-refractivity contribution >= 4 is 23.4 Å². The van der Waals surface area contributed by atoms with Crippen LogP contribution >= 0.6 is 11.6 Å². The smallest absolute Gasteiger partial charge is 0.270 e. The van der Waals surface area contributed by atoms with Gasteiger partial charge in [0.1, 0.15) is 11.4 Å². The molecule has 2 amide bonds. The van der Waals surface area contributed by atoms with Gasteiger partial charge in [-0.05, 0) is 50.6 Å². The van der Waals surface area contributed by atoms with Crippen LogP contribution in [0.3, 0.4) is 0 Å². The summed E-state index contributed by atoms with van der Waals surface area (Å²) in [5.74, 6) is -0.648. The molecule has 1 heterocycles. The van der Waals surface area contributed by atoms with E-state index in [0.29, 0.717) is 11.6 Å². The number of benzene rings is 1. The first kappa shape index (κ1) is 17.9. The Bertz CT molecular complexity index is 737. The number of nitrogens with one attached hydrogen (secondary N) is 2. The van der Waals surface area contributed by atoms with Gasteiger partial charge in [0.05, 0.1) is 0 Å². The number of pyridine rings is 1. The Morgan fingerprint density at radius 1 is 1.00 bits per heavy atom. The normalized spacial score (nSPS) is 11.0. The molecule has 0 radical (unpaired) electrons. The van der Waals surface area contributed by atoms with E-state index in [2.05, 4.69) is 15.6 Å². The number of hydrogen-bond acceptors (Lipinski definition) is 3. The summed E-state index contributed by atoms with van der Waals surface area (Å²) in [6.45, 7) is 6.00. The average molecular weight is 346 g/mol. The van der Waals surface area contributed by atoms with Crippen molar-refractivity contribution in [2.24, 2.45) is 0 Å². The van der Waals surface area contributed by atoms with Gasteiger partial charge >= 0.3 is 0 Å². The second kappa shape index (κ2) is 7.45. The Balaban J connectivity index is 2.03. The molecule has 0 atom stereocenters. The molecule has 0 fully saturated rings. The highest BCUT2D eigenvalue weighted by Crippen LogP contribution is 2.09. The van der Waals surface area contributed by atoms with Gasteiger partial charge in [0, 0.05) is 17.1 Å². The van der Waals surface area contributed by atoms with Gasteiger partial charge in [-0.2, -0.15) is 0 Å². The predicted molar refractivity (Wildman–Crippen MR) is 94.1 cm³/mol. The standard InChI is InChI=1S/C18H20ClN3O2/c1-18(2,3)22-17(24)15-6-4-5-14(21-15)16(23)20-11-12-7-9-13(19)10-8-12/h4-10H,11H2,1-3H3,(H,20,23)(H,22,24). The van der Waals surface area contributed by atoms with Gasteiger partial charge in [-0.3, -0.25) is 9.59 Å². The molecule has 126 valence electrons. The van der Waals surface area contributed by atoms with Crippen molar-refractivity contribution in [3.8, 4) is 0 Å². The van der Waals surface area contributed by atoms with E-state index in [1.807, 2.05) is 32.9 Å². The Hall–Kier alpha value is -2.40. The maximum Gasteiger partial charge on any atom is 0.270 e. The number of rotatable bonds is 4. The monoisotopic (exact) mass is 345 g/mol. The second-order valence-corrected chi connectivity index (χ2v) is 6.86. The molecule has 0 bridgehead atoms. The van der Waals surface area contributed by atoms with Crippen LogP contribution < -0.4 is 10.6 Å². The van der Waals surface area contributed by atoms with Gasteiger partial charge in [0.25, 0.3) is 11.8 Å². The van der Waals surface area contributed by atoms with Gasteiger partial charge in [0.15, 0.2) is 0 Å². The van der Waals surface area contributed by atoms with Gasteiger partial charge in [-0.15, -0.1) is 0 Å². The minimum atomic E-state index is -0.369. The van der Waals surface area contributed by atoms with Crippen LogP contribution in [-0.2, 0) is 6.54 Å². The van der Waals surface area contributed by atoms with Crippen molar-refractivity contribution in [1.29, 1.82) is 0 Å². The summed E-state index contributed by atoms with van der Waals surface area (Å²) in [5, 5.41) is 6.23. The number of amides is 2. The van der Waals surface area contributed by atoms with Gasteiger partial charge in [0.2, 0.25) is 0 Å². The maximum atomic E-state index is 12.2. The Kier molecular flexibility index (Phi) is 5.57. The lowest BCUT2D eigenvalue weighted by atomic mass is 10.1. The summed E-state index contributed by atoms with van der Waals surface area (Å²) in [6.07, 6.45) is 0. The SMILES string of the molecule is CC(C)(C)NC(=O)c1cccc(C(=O)NCc2ccc(Cl)cc2)n1. The number of nitrogens with zero attached hydrogens (tertiary/aromatic N) is 1. The number of aromatic nitrogens is 1. The van der Waals surface area contributed by atoms with Crippen molar-refractivity contribution < 1.29 is 9.59 Å². The lowest BCUT2D eigenvalue weighted by Crippen LogP contribution is -2.41. The van der Waals surface area contributed by atoms with E-state index in [9.17, 15) is 9.59 Å². The first-order chi connectivity index (χ1) is 11.2. The molecule has 0 aliphatic rings. The van der Waals surface area contributed by atoms with E-state index in [1.54, 1.807) is 30.3 Å². The molecule has 0 aliphatic carbocycles. The highest BCUT2D eigenvalue weighted by Gasteiger charge is 2.17. The van der Waals surface area contributed by atoms with E-state index in [-0.39, 0.29) is 28.7 Å². The Morgan fingerprint density at radius 2 is 1.58 bits per heavy atom. The fourth-order valence-corrected chi connectivity index (χ4v) is 2.09. The third-order valence-corrected chi connectivity index (χ3v) is 3.32. The highest BCUT2D eigenvalue weighted by atomic mass is 35.5. The summed E-state index contributed by atoms with van der Waals surface area (Å²) in [5.41, 5.74) is 0.968. The molecule has 5 nitrogen and oxygen atoms in total. The first-order valence-corrected chi connectivity index (χ1v) is 7.94. The largest absolute Gasteiger partial charge is 0.347 e. The van der Waals surface area contributed by atoms with E-state index in [1.165, 1.54) is 0 Å². The summed E-state index contributed by atoms with van der Waals surface area (Å²) in [4.78, 5) is 28.5. The minimum absolute atomic E-state index is 0.200. The first-order valence-electron chi connectivity index (χ1n) is 7.57. The van der Waals surface area contributed by atoms with Crippen LogP contribution in [0, 0.1) is 0 Å². The van der Waals surface area contributed by atoms with E-state index < -0.39 is 0 Å². The molecule has 2 aromatic rings. The predicted octanol–water partition coefficient (Wildman–Crippen LogP) is 3.19. The fourth-order valence-electron chi connectivity index (χ4n) is 1.97. The van der Waals surface area contributed by atoms with Crippen LogP contribution in [0.25, 0.3) is 0 Å². The second-order valence-electron chi connectivity index (χ2n) is 6.42. The summed E-state index contributed by atoms with van der Waals surface area (Å²) in [7, 11) is 0. The van der Waals surface area contributed by atoms with Crippen molar-refractivity contribution in [1.82, 2.24) is 15.6 Å². The van der Waals surface area contributed by atoms with Crippen molar-refractivity contribution in [2.75, 3.05) is 0 Å². The number of halogens is 1. The quantitative estimate of drug-likeness (QED) is 0.894. The van der Waals surface area contributed by atoms with Crippen LogP contribution in [0.1, 0.15) is 47.3 Å². The van der Waals surface area contributed by atoms with Gasteiger partial charge < -0.3 is 10.6 Å². The zero-order valence-corrected chi connectivity index (χ0v) is 14.6. The van der Waals surface area contributed by atoms with Crippen molar-refractivity contribution in [3.63, 3.8) is 0 Å². The third kappa shape index (κ3) is 5.35. The molecule has 1 aromatic heterocycles. The molecule has 6 heteroatoms. The third-order valence-electron chi connectivity index (χ3n) is 3.07. The Morgan fingerprint density at radius 3 is 2.17 bits per heavy atom. The van der Waals surface area contributed by atoms with E-state index >= 15 is 0 Å². The summed E-state index contributed by atoms with van der Waals surface area (Å²) in [6, 6.07) is 12.0. The molecule has 24 heavy (non-hydrogen) atoms. The van der Waals surface area contributed by atoms with Crippen LogP contribution in [0.2, 0.25) is 5.02 Å². The molecule has 2 N–H and O–H groups in total. The molecule has 0 saturated carbocycles. The van der Waals surface area contributed by atoms with Crippen molar-refractivity contribution in [3.05, 3.63) is 64.4 Å². The minimum Gasteiger partial charge on any atom is -0.347 e. The lowest BCUT2D eigenvalue weighted by Gasteiger charge is -2.20. The number of carbonyl (C=O) groups is 2. The number of hydrogen-bond donors (Lipinski definition) is 2. The van der Waals surface area contributed by atoms with Gasteiger partial charge in [-0.1, -0.05) is 29.8 Å². The average Bonchev–Trinajstić information content (AvgIpc) is 2.52. The van der Waals surface area contributed by atoms with Crippen LogP contribution in [0.15, 0.2) is 42.5 Å². The summed E-state index contributed by atoms with van der Waals surface area (Å²) < 4.78 is 0. The van der Waals surface area contributed by atoms with Crippen LogP contribution in [-0.4, -0.2) is 22.3 Å². The van der Waals surface area contributed by atoms with Crippen LogP contribution in [0.5, 0.6) is 0 Å². The molecule has 0 saturated heterocycles. The molecule has 0 unspecified atom stereocenters. The zero-order chi connectivity index (χ0) is 17.7. The molecule has 1 aromatic carbocycles. The number of carbonyl (C=O) groups excluding carboxylic acids is 2.